The van der Waals surface area contributed by atoms with E-state index >= 15 is 0 Å². The highest BCUT2D eigenvalue weighted by Crippen LogP contribution is 2.13. The Morgan fingerprint density at radius 1 is 1.38 bits per heavy atom. The Morgan fingerprint density at radius 2 is 2.00 bits per heavy atom. The first-order chi connectivity index (χ1) is 9.64. The minimum absolute atomic E-state index is 0.0958. The zero-order valence-electron chi connectivity index (χ0n) is 12.3. The van der Waals surface area contributed by atoms with Gasteiger partial charge in [0.2, 0.25) is 0 Å². The third-order valence-electron chi connectivity index (χ3n) is 3.21. The molecule has 0 aliphatic rings. The summed E-state index contributed by atoms with van der Waals surface area (Å²) in [5.74, 6) is -0.0958. The molecule has 0 saturated carbocycles. The monoisotopic (exact) mass is 346 g/mol. The van der Waals surface area contributed by atoms with Crippen LogP contribution in [-0.2, 0) is 24.3 Å². The standard InChI is InChI=1S/C11H26N2O6S2/c1-3-11(2,16)9(14)8-12-5-4-10(15)13-6-7-21(18,20)19-17/h9-10,12-17H,3-8H2,1-2H3. The predicted octanol–water partition coefficient (Wildman–Crippen LogP) is -1.45. The molecule has 21 heavy (non-hydrogen) atoms. The molecule has 0 aromatic rings. The molecule has 8 nitrogen and oxygen atoms in total. The highest BCUT2D eigenvalue weighted by Gasteiger charge is 2.27. The van der Waals surface area contributed by atoms with Gasteiger partial charge >= 0.3 is 0 Å². The van der Waals surface area contributed by atoms with Crippen molar-refractivity contribution < 1.29 is 29.1 Å². The molecule has 0 spiro atoms. The third kappa shape index (κ3) is 9.66. The molecule has 0 heterocycles. The van der Waals surface area contributed by atoms with Crippen LogP contribution in [0.25, 0.3) is 0 Å². The molecular formula is C11H26N2O6S2. The average molecular weight is 346 g/mol. The zero-order chi connectivity index (χ0) is 16.5. The van der Waals surface area contributed by atoms with Crippen LogP contribution in [0.5, 0.6) is 0 Å². The maximum atomic E-state index is 11.2. The van der Waals surface area contributed by atoms with Gasteiger partial charge in [0.05, 0.1) is 17.5 Å². The smallest absolute Gasteiger partial charge is 0.174 e. The van der Waals surface area contributed by atoms with Gasteiger partial charge in [0.15, 0.2) is 8.77 Å². The number of nitrogens with one attached hydrogen (secondary N) is 2. The Hall–Kier alpha value is 0.0900. The summed E-state index contributed by atoms with van der Waals surface area (Å²) in [5.41, 5.74) is -1.14. The normalized spacial score (nSPS) is 20.5. The van der Waals surface area contributed by atoms with Crippen molar-refractivity contribution >= 4 is 20.0 Å². The predicted molar refractivity (Wildman–Crippen MR) is 82.5 cm³/mol. The van der Waals surface area contributed by atoms with E-state index in [1.165, 1.54) is 0 Å². The lowest BCUT2D eigenvalue weighted by Gasteiger charge is -2.28. The summed E-state index contributed by atoms with van der Waals surface area (Å²) in [5, 5.41) is 43.0. The maximum Gasteiger partial charge on any atom is 0.174 e. The van der Waals surface area contributed by atoms with Gasteiger partial charge in [0.25, 0.3) is 0 Å². The molecule has 4 atom stereocenters. The van der Waals surface area contributed by atoms with Gasteiger partial charge in [0, 0.05) is 24.3 Å². The van der Waals surface area contributed by atoms with E-state index < -0.39 is 26.7 Å². The summed E-state index contributed by atoms with van der Waals surface area (Å²) >= 11 is 4.45. The molecule has 0 radical (unpaired) electrons. The Balaban J connectivity index is 3.74. The van der Waals surface area contributed by atoms with Gasteiger partial charge in [-0.05, 0) is 26.3 Å². The second-order valence-electron chi connectivity index (χ2n) is 5.03. The van der Waals surface area contributed by atoms with Crippen molar-refractivity contribution in [2.75, 3.05) is 25.4 Å². The Morgan fingerprint density at radius 3 is 2.52 bits per heavy atom. The quantitative estimate of drug-likeness (QED) is 0.109. The van der Waals surface area contributed by atoms with Crippen molar-refractivity contribution in [3.05, 3.63) is 0 Å². The van der Waals surface area contributed by atoms with Crippen LogP contribution in [-0.4, -0.2) is 68.1 Å². The number of rotatable bonds is 12. The van der Waals surface area contributed by atoms with Crippen LogP contribution in [0.15, 0.2) is 0 Å². The molecule has 0 rings (SSSR count). The summed E-state index contributed by atoms with van der Waals surface area (Å²) < 4.78 is 14.8. The highest BCUT2D eigenvalue weighted by molar-refractivity contribution is 8.30. The van der Waals surface area contributed by atoms with Crippen LogP contribution >= 0.6 is 0 Å². The molecule has 0 aliphatic heterocycles. The van der Waals surface area contributed by atoms with Crippen molar-refractivity contribution in [3.8, 4) is 0 Å². The first kappa shape index (κ1) is 21.1. The van der Waals surface area contributed by atoms with Gasteiger partial charge in [-0.15, -0.1) is 4.33 Å². The zero-order valence-corrected chi connectivity index (χ0v) is 14.0. The second kappa shape index (κ2) is 9.98. The largest absolute Gasteiger partial charge is 0.389 e. The van der Waals surface area contributed by atoms with E-state index in [1.54, 1.807) is 13.8 Å². The Kier molecular flexibility index (Phi) is 10.0. The van der Waals surface area contributed by atoms with E-state index in [-0.39, 0.29) is 18.8 Å². The minimum atomic E-state index is -3.13. The van der Waals surface area contributed by atoms with Crippen LogP contribution in [0.4, 0.5) is 0 Å². The summed E-state index contributed by atoms with van der Waals surface area (Å²) in [6.45, 7) is 4.11. The number of hydrogen-bond donors (Lipinski definition) is 6. The molecule has 0 aliphatic carbocycles. The van der Waals surface area contributed by atoms with E-state index in [2.05, 4.69) is 26.2 Å². The molecule has 0 fully saturated rings. The van der Waals surface area contributed by atoms with Crippen molar-refractivity contribution in [2.45, 2.75) is 44.6 Å². The fourth-order valence-electron chi connectivity index (χ4n) is 1.42. The molecule has 6 N–H and O–H groups in total. The summed E-state index contributed by atoms with van der Waals surface area (Å²) in [7, 11) is -3.13. The second-order valence-corrected chi connectivity index (χ2v) is 8.22. The van der Waals surface area contributed by atoms with Crippen LogP contribution in [0.1, 0.15) is 26.7 Å². The molecule has 0 bridgehead atoms. The molecule has 0 saturated heterocycles. The molecule has 4 unspecified atom stereocenters. The third-order valence-corrected chi connectivity index (χ3v) is 4.83. The van der Waals surface area contributed by atoms with Crippen molar-refractivity contribution in [1.29, 1.82) is 0 Å². The highest BCUT2D eigenvalue weighted by atomic mass is 32.8. The number of aliphatic hydroxyl groups excluding tert-OH is 2. The van der Waals surface area contributed by atoms with Crippen molar-refractivity contribution in [1.82, 2.24) is 10.6 Å². The summed E-state index contributed by atoms with van der Waals surface area (Å²) in [6.07, 6.45) is -0.947. The maximum absolute atomic E-state index is 11.2. The van der Waals surface area contributed by atoms with Gasteiger partial charge in [-0.3, -0.25) is 5.32 Å². The van der Waals surface area contributed by atoms with E-state index in [1.807, 2.05) is 0 Å². The summed E-state index contributed by atoms with van der Waals surface area (Å²) in [4.78, 5) is 0. The van der Waals surface area contributed by atoms with E-state index in [0.29, 0.717) is 19.4 Å². The van der Waals surface area contributed by atoms with Crippen LogP contribution in [0.3, 0.4) is 0 Å². The Labute approximate surface area is 130 Å². The van der Waals surface area contributed by atoms with E-state index in [9.17, 15) is 19.5 Å². The molecule has 0 amide bonds. The van der Waals surface area contributed by atoms with E-state index in [0.717, 1.165) is 0 Å². The fraction of sp³-hybridized carbons (Fsp3) is 1.00. The molecular weight excluding hydrogens is 320 g/mol. The SMILES string of the molecule is CCC(C)(O)C(O)CNCCC(O)NCCS(=O)(=S)OO. The van der Waals surface area contributed by atoms with Gasteiger partial charge in [0.1, 0.15) is 6.23 Å². The number of hydrogen-bond acceptors (Lipinski definition) is 9. The van der Waals surface area contributed by atoms with Gasteiger partial charge in [-0.25, -0.2) is 9.47 Å². The average Bonchev–Trinajstić information content (AvgIpc) is 2.43. The van der Waals surface area contributed by atoms with Crippen molar-refractivity contribution in [3.63, 3.8) is 0 Å². The molecule has 0 aromatic heterocycles. The molecule has 0 aromatic carbocycles. The van der Waals surface area contributed by atoms with Gasteiger partial charge < -0.3 is 20.6 Å². The minimum Gasteiger partial charge on any atom is -0.389 e. The molecule has 10 heteroatoms. The lowest BCUT2D eigenvalue weighted by atomic mass is 9.96. The Bertz CT molecular complexity index is 377. The first-order valence-corrected chi connectivity index (χ1v) is 9.30. The van der Waals surface area contributed by atoms with Gasteiger partial charge in [-0.2, -0.15) is 0 Å². The lowest BCUT2D eigenvalue weighted by molar-refractivity contribution is -0.124. The van der Waals surface area contributed by atoms with Gasteiger partial charge in [-0.1, -0.05) is 6.92 Å². The van der Waals surface area contributed by atoms with Crippen LogP contribution < -0.4 is 10.6 Å². The topological polar surface area (TPSA) is 131 Å². The van der Waals surface area contributed by atoms with Crippen molar-refractivity contribution in [2.24, 2.45) is 0 Å². The first-order valence-electron chi connectivity index (χ1n) is 6.73. The number of aliphatic hydroxyl groups is 3. The van der Waals surface area contributed by atoms with Crippen LogP contribution in [0, 0.1) is 0 Å². The fourth-order valence-corrected chi connectivity index (χ4v) is 2.12. The summed E-state index contributed by atoms with van der Waals surface area (Å²) in [6, 6.07) is 0. The molecule has 128 valence electrons. The lowest BCUT2D eigenvalue weighted by Crippen LogP contribution is -2.45. The van der Waals surface area contributed by atoms with E-state index in [4.69, 9.17) is 5.26 Å². The van der Waals surface area contributed by atoms with Crippen LogP contribution in [0.2, 0.25) is 0 Å².